The summed E-state index contributed by atoms with van der Waals surface area (Å²) in [5.41, 5.74) is 0. The van der Waals surface area contributed by atoms with E-state index in [1.807, 2.05) is 0 Å². The van der Waals surface area contributed by atoms with Crippen LogP contribution in [-0.2, 0) is 18.9 Å². The molecule has 2 aliphatic heterocycles. The summed E-state index contributed by atoms with van der Waals surface area (Å²) in [5, 5.41) is 0. The third-order valence-electron chi connectivity index (χ3n) is 4.55. The van der Waals surface area contributed by atoms with Crippen molar-refractivity contribution in [1.82, 2.24) is 0 Å². The van der Waals surface area contributed by atoms with Crippen LogP contribution in [0, 0.1) is 0 Å². The number of fused-ring (bicyclic) bond motifs is 2. The summed E-state index contributed by atoms with van der Waals surface area (Å²) in [6.45, 7) is 0. The second-order valence-electron chi connectivity index (χ2n) is 5.78. The van der Waals surface area contributed by atoms with Gasteiger partial charge in [-0.05, 0) is 25.7 Å². The molecule has 0 aromatic rings. The molecule has 4 fully saturated rings. The second-order valence-corrected chi connectivity index (χ2v) is 5.78. The molecule has 0 spiro atoms. The highest BCUT2D eigenvalue weighted by atomic mass is 16.9. The SMILES string of the molecule is O=C(OC12CCCCC1O2)OC12CCCCC1O2. The van der Waals surface area contributed by atoms with Gasteiger partial charge in [-0.15, -0.1) is 0 Å². The Hall–Kier alpha value is -0.810. The zero-order chi connectivity index (χ0) is 12.2. The van der Waals surface area contributed by atoms with E-state index in [1.54, 1.807) is 0 Å². The molecule has 5 nitrogen and oxygen atoms in total. The van der Waals surface area contributed by atoms with Crippen molar-refractivity contribution >= 4 is 6.16 Å². The molecule has 0 aromatic heterocycles. The molecule has 100 valence electrons. The van der Waals surface area contributed by atoms with Crippen molar-refractivity contribution in [2.24, 2.45) is 0 Å². The predicted octanol–water partition coefficient (Wildman–Crippen LogP) is 2.48. The van der Waals surface area contributed by atoms with Gasteiger partial charge in [-0.25, -0.2) is 4.79 Å². The first-order valence-corrected chi connectivity index (χ1v) is 7.00. The molecule has 0 N–H and O–H groups in total. The number of epoxide rings is 2. The average molecular weight is 254 g/mol. The Labute approximate surface area is 106 Å². The number of hydrogen-bond donors (Lipinski definition) is 0. The van der Waals surface area contributed by atoms with Crippen molar-refractivity contribution in [1.29, 1.82) is 0 Å². The van der Waals surface area contributed by atoms with Gasteiger partial charge in [-0.3, -0.25) is 0 Å². The number of carbonyl (C=O) groups excluding carboxylic acids is 1. The van der Waals surface area contributed by atoms with Crippen LogP contribution in [0.2, 0.25) is 0 Å². The van der Waals surface area contributed by atoms with E-state index in [2.05, 4.69) is 0 Å². The van der Waals surface area contributed by atoms with Crippen LogP contribution in [-0.4, -0.2) is 29.9 Å². The highest BCUT2D eigenvalue weighted by molar-refractivity contribution is 5.62. The topological polar surface area (TPSA) is 60.6 Å². The third kappa shape index (κ3) is 1.64. The molecule has 4 atom stereocenters. The van der Waals surface area contributed by atoms with Crippen LogP contribution >= 0.6 is 0 Å². The summed E-state index contributed by atoms with van der Waals surface area (Å²) in [7, 11) is 0. The summed E-state index contributed by atoms with van der Waals surface area (Å²) < 4.78 is 21.8. The van der Waals surface area contributed by atoms with Crippen molar-refractivity contribution < 1.29 is 23.7 Å². The van der Waals surface area contributed by atoms with Crippen molar-refractivity contribution in [2.45, 2.75) is 75.1 Å². The van der Waals surface area contributed by atoms with Gasteiger partial charge >= 0.3 is 6.16 Å². The first-order chi connectivity index (χ1) is 8.73. The zero-order valence-corrected chi connectivity index (χ0v) is 10.4. The number of rotatable bonds is 2. The van der Waals surface area contributed by atoms with E-state index >= 15 is 0 Å². The van der Waals surface area contributed by atoms with E-state index in [0.29, 0.717) is 0 Å². The molecule has 2 aliphatic carbocycles. The molecule has 0 radical (unpaired) electrons. The highest BCUT2D eigenvalue weighted by Crippen LogP contribution is 2.51. The Morgan fingerprint density at radius 1 is 0.889 bits per heavy atom. The van der Waals surface area contributed by atoms with Crippen LogP contribution in [0.15, 0.2) is 0 Å². The second kappa shape index (κ2) is 3.61. The van der Waals surface area contributed by atoms with E-state index < -0.39 is 17.7 Å². The molecule has 4 aliphatic rings. The first kappa shape index (κ1) is 11.1. The zero-order valence-electron chi connectivity index (χ0n) is 10.4. The maximum Gasteiger partial charge on any atom is 0.513 e. The molecule has 0 amide bonds. The van der Waals surface area contributed by atoms with Gasteiger partial charge in [-0.2, -0.15) is 0 Å². The molecule has 2 saturated heterocycles. The molecule has 4 rings (SSSR count). The van der Waals surface area contributed by atoms with Crippen LogP contribution in [0.4, 0.5) is 4.79 Å². The molecular formula is C13H18O5. The van der Waals surface area contributed by atoms with Gasteiger partial charge in [0.1, 0.15) is 12.2 Å². The van der Waals surface area contributed by atoms with Gasteiger partial charge in [0.25, 0.3) is 0 Å². The van der Waals surface area contributed by atoms with Gasteiger partial charge in [-0.1, -0.05) is 12.8 Å². The Morgan fingerprint density at radius 2 is 1.39 bits per heavy atom. The maximum absolute atomic E-state index is 11.8. The minimum Gasteiger partial charge on any atom is -0.399 e. The molecular weight excluding hydrogens is 236 g/mol. The fraction of sp³-hybridized carbons (Fsp3) is 0.923. The van der Waals surface area contributed by atoms with Crippen LogP contribution < -0.4 is 0 Å². The monoisotopic (exact) mass is 254 g/mol. The predicted molar refractivity (Wildman–Crippen MR) is 59.7 cm³/mol. The lowest BCUT2D eigenvalue weighted by atomic mass is 9.98. The Kier molecular flexibility index (Phi) is 2.21. The largest absolute Gasteiger partial charge is 0.513 e. The lowest BCUT2D eigenvalue weighted by Crippen LogP contribution is -2.32. The Balaban J connectivity index is 1.35. The van der Waals surface area contributed by atoms with Gasteiger partial charge in [0.2, 0.25) is 11.6 Å². The minimum atomic E-state index is -0.662. The molecule has 4 unspecified atom stereocenters. The lowest BCUT2D eigenvalue weighted by molar-refractivity contribution is -0.0861. The smallest absolute Gasteiger partial charge is 0.399 e. The fourth-order valence-corrected chi connectivity index (χ4v) is 3.40. The molecule has 18 heavy (non-hydrogen) atoms. The van der Waals surface area contributed by atoms with E-state index in [-0.39, 0.29) is 12.2 Å². The number of hydrogen-bond acceptors (Lipinski definition) is 5. The van der Waals surface area contributed by atoms with Gasteiger partial charge in [0.05, 0.1) is 0 Å². The van der Waals surface area contributed by atoms with Crippen molar-refractivity contribution in [2.75, 3.05) is 0 Å². The molecule has 0 aromatic carbocycles. The normalized spacial score (nSPS) is 48.7. The summed E-state index contributed by atoms with van der Waals surface area (Å²) in [4.78, 5) is 11.8. The van der Waals surface area contributed by atoms with Crippen LogP contribution in [0.1, 0.15) is 51.4 Å². The molecule has 2 saturated carbocycles. The standard InChI is InChI=1S/C13H18O5/c14-11(17-12-7-3-1-5-9(12)15-12)18-13-8-4-2-6-10(13)16-13/h9-10H,1-8H2. The van der Waals surface area contributed by atoms with E-state index in [9.17, 15) is 4.79 Å². The van der Waals surface area contributed by atoms with E-state index in [1.165, 1.54) is 0 Å². The molecule has 0 bridgehead atoms. The quantitative estimate of drug-likeness (QED) is 0.559. The van der Waals surface area contributed by atoms with Gasteiger partial charge < -0.3 is 18.9 Å². The van der Waals surface area contributed by atoms with Crippen molar-refractivity contribution in [3.8, 4) is 0 Å². The van der Waals surface area contributed by atoms with Crippen molar-refractivity contribution in [3.63, 3.8) is 0 Å². The van der Waals surface area contributed by atoms with Gasteiger partial charge in [0.15, 0.2) is 0 Å². The lowest BCUT2D eigenvalue weighted by Gasteiger charge is -2.21. The molecule has 5 heteroatoms. The van der Waals surface area contributed by atoms with E-state index in [0.717, 1.165) is 51.4 Å². The fourth-order valence-electron chi connectivity index (χ4n) is 3.40. The van der Waals surface area contributed by atoms with E-state index in [4.69, 9.17) is 18.9 Å². The third-order valence-corrected chi connectivity index (χ3v) is 4.55. The molecule has 2 heterocycles. The highest BCUT2D eigenvalue weighted by Gasteiger charge is 2.65. The van der Waals surface area contributed by atoms with Crippen molar-refractivity contribution in [3.05, 3.63) is 0 Å². The van der Waals surface area contributed by atoms with Gasteiger partial charge in [0, 0.05) is 12.8 Å². The number of carbonyl (C=O) groups is 1. The Bertz CT molecular complexity index is 350. The number of ether oxygens (including phenoxy) is 4. The average Bonchev–Trinajstić information content (AvgIpc) is 3.20. The Morgan fingerprint density at radius 3 is 1.83 bits per heavy atom. The maximum atomic E-state index is 11.8. The first-order valence-electron chi connectivity index (χ1n) is 7.00. The summed E-state index contributed by atoms with van der Waals surface area (Å²) >= 11 is 0. The summed E-state index contributed by atoms with van der Waals surface area (Å²) in [6, 6.07) is 0. The summed E-state index contributed by atoms with van der Waals surface area (Å²) in [6.07, 6.45) is 7.53. The van der Waals surface area contributed by atoms with Crippen LogP contribution in [0.25, 0.3) is 0 Å². The van der Waals surface area contributed by atoms with Crippen LogP contribution in [0.5, 0.6) is 0 Å². The minimum absolute atomic E-state index is 0.0959. The summed E-state index contributed by atoms with van der Waals surface area (Å²) in [5.74, 6) is -1.32. The van der Waals surface area contributed by atoms with Crippen LogP contribution in [0.3, 0.4) is 0 Å².